The van der Waals surface area contributed by atoms with E-state index in [0.29, 0.717) is 12.8 Å². The fourth-order valence-corrected chi connectivity index (χ4v) is 10.1. The Bertz CT molecular complexity index is 1220. The molecule has 0 spiro atoms. The molecule has 0 radical (unpaired) electrons. The number of aliphatic hydroxyl groups is 1. The molecule has 5 nitrogen and oxygen atoms in total. The second-order valence-corrected chi connectivity index (χ2v) is 22.5. The highest BCUT2D eigenvalue weighted by molar-refractivity contribution is 5.70. The van der Waals surface area contributed by atoms with E-state index < -0.39 is 6.10 Å². The Labute approximate surface area is 462 Å². The molecular weight excluding hydrogens is 909 g/mol. The van der Waals surface area contributed by atoms with Crippen molar-refractivity contribution in [2.45, 2.75) is 367 Å². The maximum atomic E-state index is 12.3. The highest BCUT2D eigenvalue weighted by atomic mass is 16.6. The summed E-state index contributed by atoms with van der Waals surface area (Å²) in [7, 11) is 0. The topological polar surface area (TPSA) is 72.8 Å². The Balaban J connectivity index is 3.40. The fourth-order valence-electron chi connectivity index (χ4n) is 10.1. The summed E-state index contributed by atoms with van der Waals surface area (Å²) in [4.78, 5) is 24.6. The molecule has 0 heterocycles. The predicted octanol–water partition coefficient (Wildman–Crippen LogP) is 22.8. The molecule has 0 aromatic rings. The number of ether oxygens (including phenoxy) is 2. The standard InChI is InChI=1S/C69H128O5/c1-3-5-7-9-11-13-15-17-19-21-23-25-27-28-29-30-31-32-33-34-35-36-37-38-39-40-42-43-45-47-49-51-53-55-57-59-61-63-68(71)73-66-67(65-70)74-69(72)64-62-60-58-56-54-52-50-48-46-44-41-26-24-22-20-18-16-14-12-10-8-6-4-2/h16,18,21-24,41,44,67,70H,3-15,17,19-20,25-40,42-43,45-66H2,1-2H3/b18-16-,23-21-,24-22-,44-41-. The van der Waals surface area contributed by atoms with E-state index >= 15 is 0 Å². The summed E-state index contributed by atoms with van der Waals surface area (Å²) in [5, 5.41) is 9.68. The van der Waals surface area contributed by atoms with Crippen LogP contribution in [0.2, 0.25) is 0 Å². The molecule has 1 N–H and O–H groups in total. The van der Waals surface area contributed by atoms with Crippen molar-refractivity contribution in [1.29, 1.82) is 0 Å². The van der Waals surface area contributed by atoms with E-state index in [2.05, 4.69) is 62.5 Å². The molecule has 1 unspecified atom stereocenters. The molecule has 0 rings (SSSR count). The Hall–Kier alpha value is -2.14. The van der Waals surface area contributed by atoms with Gasteiger partial charge in [0, 0.05) is 12.8 Å². The number of hydrogen-bond acceptors (Lipinski definition) is 5. The van der Waals surface area contributed by atoms with Crippen molar-refractivity contribution < 1.29 is 24.2 Å². The van der Waals surface area contributed by atoms with Gasteiger partial charge in [-0.1, -0.05) is 319 Å². The molecule has 74 heavy (non-hydrogen) atoms. The van der Waals surface area contributed by atoms with Gasteiger partial charge in [0.05, 0.1) is 6.61 Å². The summed E-state index contributed by atoms with van der Waals surface area (Å²) < 4.78 is 10.7. The van der Waals surface area contributed by atoms with Crippen LogP contribution >= 0.6 is 0 Å². The lowest BCUT2D eigenvalue weighted by atomic mass is 10.0. The first-order valence-corrected chi connectivity index (χ1v) is 33.2. The van der Waals surface area contributed by atoms with Crippen molar-refractivity contribution in [2.24, 2.45) is 0 Å². The van der Waals surface area contributed by atoms with E-state index in [0.717, 1.165) is 51.4 Å². The van der Waals surface area contributed by atoms with Crippen molar-refractivity contribution in [3.05, 3.63) is 48.6 Å². The van der Waals surface area contributed by atoms with Gasteiger partial charge in [0.15, 0.2) is 6.10 Å². The Kier molecular flexibility index (Phi) is 63.3. The molecule has 0 saturated heterocycles. The smallest absolute Gasteiger partial charge is 0.306 e. The van der Waals surface area contributed by atoms with Gasteiger partial charge < -0.3 is 14.6 Å². The molecule has 0 aromatic heterocycles. The average molecular weight is 1040 g/mol. The third-order valence-corrected chi connectivity index (χ3v) is 15.1. The third kappa shape index (κ3) is 62.4. The number of aliphatic hydroxyl groups excluding tert-OH is 1. The van der Waals surface area contributed by atoms with Crippen molar-refractivity contribution in [2.75, 3.05) is 13.2 Å². The molecule has 434 valence electrons. The van der Waals surface area contributed by atoms with Crippen molar-refractivity contribution in [3.63, 3.8) is 0 Å². The van der Waals surface area contributed by atoms with Crippen LogP contribution in [-0.4, -0.2) is 36.4 Å². The first kappa shape index (κ1) is 71.9. The molecule has 5 heteroatoms. The van der Waals surface area contributed by atoms with Crippen LogP contribution in [0.15, 0.2) is 48.6 Å². The fraction of sp³-hybridized carbons (Fsp3) is 0.855. The quantitative estimate of drug-likeness (QED) is 0.0373. The second kappa shape index (κ2) is 65.1. The summed E-state index contributed by atoms with van der Waals surface area (Å²) in [5.41, 5.74) is 0. The van der Waals surface area contributed by atoms with Crippen LogP contribution in [0.1, 0.15) is 361 Å². The summed E-state index contributed by atoms with van der Waals surface area (Å²) in [6.07, 6.45) is 87.1. The number of hydrogen-bond donors (Lipinski definition) is 1. The number of allylic oxidation sites excluding steroid dienone is 8. The molecule has 1 atom stereocenters. The minimum Gasteiger partial charge on any atom is -0.462 e. The van der Waals surface area contributed by atoms with E-state index in [9.17, 15) is 14.7 Å². The lowest BCUT2D eigenvalue weighted by molar-refractivity contribution is -0.161. The molecule has 0 aliphatic rings. The van der Waals surface area contributed by atoms with Gasteiger partial charge in [0.2, 0.25) is 0 Å². The summed E-state index contributed by atoms with van der Waals surface area (Å²) in [5.74, 6) is -0.582. The van der Waals surface area contributed by atoms with Crippen molar-refractivity contribution in [3.8, 4) is 0 Å². The van der Waals surface area contributed by atoms with Crippen LogP contribution in [0, 0.1) is 0 Å². The van der Waals surface area contributed by atoms with Crippen molar-refractivity contribution >= 4 is 11.9 Å². The second-order valence-electron chi connectivity index (χ2n) is 22.5. The predicted molar refractivity (Wildman–Crippen MR) is 325 cm³/mol. The SMILES string of the molecule is CCCCCCC/C=C\C/C=C\C/C=C\CCCCCCCCCCC(=O)OC(CO)COC(=O)CCCCCCCCCCCCCCCCCCCCCCCCCCC/C=C\CCCCCCCCCC. The maximum absolute atomic E-state index is 12.3. The molecule has 0 fully saturated rings. The Morgan fingerprint density at radius 3 is 0.824 bits per heavy atom. The number of carbonyl (C=O) groups excluding carboxylic acids is 2. The van der Waals surface area contributed by atoms with Gasteiger partial charge in [-0.3, -0.25) is 9.59 Å². The lowest BCUT2D eigenvalue weighted by Gasteiger charge is -2.15. The first-order chi connectivity index (χ1) is 36.6. The largest absolute Gasteiger partial charge is 0.462 e. The summed E-state index contributed by atoms with van der Waals surface area (Å²) >= 11 is 0. The van der Waals surface area contributed by atoms with Gasteiger partial charge in [-0.25, -0.2) is 0 Å². The Morgan fingerprint density at radius 1 is 0.311 bits per heavy atom. The zero-order valence-electron chi connectivity index (χ0n) is 49.9. The molecule has 0 aliphatic heterocycles. The minimum atomic E-state index is -0.776. The van der Waals surface area contributed by atoms with Gasteiger partial charge in [-0.15, -0.1) is 0 Å². The summed E-state index contributed by atoms with van der Waals surface area (Å²) in [6, 6.07) is 0. The normalized spacial score (nSPS) is 12.4. The molecule has 0 bridgehead atoms. The number of esters is 2. The van der Waals surface area contributed by atoms with Crippen LogP contribution in [0.3, 0.4) is 0 Å². The maximum Gasteiger partial charge on any atom is 0.306 e. The van der Waals surface area contributed by atoms with Gasteiger partial charge >= 0.3 is 11.9 Å². The molecule has 0 saturated carbocycles. The highest BCUT2D eigenvalue weighted by Gasteiger charge is 2.16. The van der Waals surface area contributed by atoms with Crippen LogP contribution in [0.25, 0.3) is 0 Å². The lowest BCUT2D eigenvalue weighted by Crippen LogP contribution is -2.28. The van der Waals surface area contributed by atoms with E-state index in [1.54, 1.807) is 0 Å². The molecular formula is C69H128O5. The van der Waals surface area contributed by atoms with E-state index in [4.69, 9.17) is 9.47 Å². The highest BCUT2D eigenvalue weighted by Crippen LogP contribution is 2.18. The van der Waals surface area contributed by atoms with Crippen LogP contribution in [-0.2, 0) is 19.1 Å². The number of rotatable bonds is 62. The van der Waals surface area contributed by atoms with Gasteiger partial charge in [-0.05, 0) is 77.0 Å². The minimum absolute atomic E-state index is 0.0656. The monoisotopic (exact) mass is 1040 g/mol. The molecule has 0 aromatic carbocycles. The summed E-state index contributed by atoms with van der Waals surface area (Å²) in [6.45, 7) is 4.17. The van der Waals surface area contributed by atoms with Crippen LogP contribution in [0.4, 0.5) is 0 Å². The van der Waals surface area contributed by atoms with Gasteiger partial charge in [0.1, 0.15) is 6.61 Å². The zero-order valence-corrected chi connectivity index (χ0v) is 49.9. The van der Waals surface area contributed by atoms with Crippen LogP contribution < -0.4 is 0 Å². The van der Waals surface area contributed by atoms with E-state index in [-0.39, 0.29) is 25.2 Å². The van der Waals surface area contributed by atoms with Crippen LogP contribution in [0.5, 0.6) is 0 Å². The number of carbonyl (C=O) groups is 2. The van der Waals surface area contributed by atoms with Gasteiger partial charge in [0.25, 0.3) is 0 Å². The molecule has 0 amide bonds. The van der Waals surface area contributed by atoms with Gasteiger partial charge in [-0.2, -0.15) is 0 Å². The third-order valence-electron chi connectivity index (χ3n) is 15.1. The Morgan fingerprint density at radius 2 is 0.541 bits per heavy atom. The van der Waals surface area contributed by atoms with Crippen molar-refractivity contribution in [1.82, 2.24) is 0 Å². The zero-order chi connectivity index (χ0) is 53.4. The average Bonchev–Trinajstić information content (AvgIpc) is 3.40. The first-order valence-electron chi connectivity index (χ1n) is 33.2. The molecule has 0 aliphatic carbocycles. The number of unbranched alkanes of at least 4 members (excludes halogenated alkanes) is 46. The van der Waals surface area contributed by atoms with E-state index in [1.165, 1.54) is 283 Å². The van der Waals surface area contributed by atoms with E-state index in [1.807, 2.05) is 0 Å².